The van der Waals surface area contributed by atoms with Crippen molar-refractivity contribution in [3.63, 3.8) is 0 Å². The Hall–Kier alpha value is -9.38. The number of nitrogens with zero attached hydrogens (tertiary/aromatic N) is 4. The van der Waals surface area contributed by atoms with Crippen molar-refractivity contribution in [3.8, 4) is 11.4 Å². The molecular formula is C66H44N4. The largest absolute Gasteiger partial charge is 0.310 e. The molecule has 2 heterocycles. The van der Waals surface area contributed by atoms with Gasteiger partial charge in [0.1, 0.15) is 0 Å². The molecule has 0 saturated carbocycles. The molecule has 0 spiro atoms. The lowest BCUT2D eigenvalue weighted by Gasteiger charge is -2.27. The maximum atomic E-state index is 2.51. The van der Waals surface area contributed by atoms with Crippen molar-refractivity contribution < 1.29 is 0 Å². The molecule has 14 rings (SSSR count). The lowest BCUT2D eigenvalue weighted by Crippen LogP contribution is -2.10. The van der Waals surface area contributed by atoms with Gasteiger partial charge in [0.05, 0.1) is 27.8 Å². The van der Waals surface area contributed by atoms with E-state index in [-0.39, 0.29) is 0 Å². The van der Waals surface area contributed by atoms with Crippen LogP contribution in [-0.2, 0) is 0 Å². The first kappa shape index (κ1) is 39.8. The van der Waals surface area contributed by atoms with Gasteiger partial charge in [0.2, 0.25) is 0 Å². The SMILES string of the molecule is c1ccc(N(c2ccccc2)c2ccc3c(c2)c2c(c4cc(N(c5ccc6ccccc6c5)c5cccc6ccccc56)ccc4n2-c2ccc4ccccc4c2)n3-c2ccc3ccccc3c2)cc1. The van der Waals surface area contributed by atoms with Gasteiger partial charge < -0.3 is 18.9 Å². The fourth-order valence-corrected chi connectivity index (χ4v) is 11.0. The van der Waals surface area contributed by atoms with Gasteiger partial charge in [-0.3, -0.25) is 0 Å². The molecule has 12 aromatic carbocycles. The first-order chi connectivity index (χ1) is 34.7. The molecule has 0 N–H and O–H groups in total. The number of anilines is 6. The van der Waals surface area contributed by atoms with Gasteiger partial charge in [0, 0.05) is 56.0 Å². The highest BCUT2D eigenvalue weighted by Gasteiger charge is 2.26. The smallest absolute Gasteiger partial charge is 0.0804 e. The van der Waals surface area contributed by atoms with Crippen LogP contribution in [0, 0.1) is 0 Å². The van der Waals surface area contributed by atoms with E-state index in [1.807, 2.05) is 0 Å². The first-order valence-electron chi connectivity index (χ1n) is 24.0. The third-order valence-corrected chi connectivity index (χ3v) is 14.2. The number of aromatic nitrogens is 2. The fourth-order valence-electron chi connectivity index (χ4n) is 11.0. The summed E-state index contributed by atoms with van der Waals surface area (Å²) < 4.78 is 5.02. The topological polar surface area (TPSA) is 16.3 Å². The van der Waals surface area contributed by atoms with Crippen LogP contribution in [-0.4, -0.2) is 9.13 Å². The zero-order valence-electron chi connectivity index (χ0n) is 38.2. The van der Waals surface area contributed by atoms with Crippen LogP contribution in [0.15, 0.2) is 267 Å². The molecule has 14 aromatic rings. The van der Waals surface area contributed by atoms with Gasteiger partial charge in [0.15, 0.2) is 0 Å². The highest BCUT2D eigenvalue weighted by atomic mass is 15.2. The summed E-state index contributed by atoms with van der Waals surface area (Å²) in [5, 5.41) is 11.9. The van der Waals surface area contributed by atoms with Crippen LogP contribution in [0.4, 0.5) is 34.1 Å². The standard InChI is InChI=1S/C66H44N4/c1-3-24-52(25-4-1)67(53-26-5-2-6-27-53)57-36-38-63-60(43-57)65-66(69(63)55-34-31-46-17-8-11-21-50(46)41-55)61-44-58(37-39-64(61)70(65)56-35-32-47-18-9-12-22-51(47)42-56)68(54-33-30-45-16-7-10-20-49(45)40-54)62-29-15-23-48-19-13-14-28-59(48)62/h1-44H. The molecule has 0 fully saturated rings. The molecule has 70 heavy (non-hydrogen) atoms. The van der Waals surface area contributed by atoms with Crippen molar-refractivity contribution in [2.75, 3.05) is 9.80 Å². The van der Waals surface area contributed by atoms with Crippen LogP contribution in [0.5, 0.6) is 0 Å². The summed E-state index contributed by atoms with van der Waals surface area (Å²) in [4.78, 5) is 4.82. The van der Waals surface area contributed by atoms with Gasteiger partial charge in [0.25, 0.3) is 0 Å². The second-order valence-corrected chi connectivity index (χ2v) is 18.2. The molecule has 4 heteroatoms. The summed E-state index contributed by atoms with van der Waals surface area (Å²) in [6.45, 7) is 0. The molecule has 0 aliphatic heterocycles. The summed E-state index contributed by atoms with van der Waals surface area (Å²) in [6, 6.07) is 97.5. The molecule has 328 valence electrons. The summed E-state index contributed by atoms with van der Waals surface area (Å²) in [5.74, 6) is 0. The molecule has 0 aliphatic rings. The number of benzene rings is 12. The van der Waals surface area contributed by atoms with Crippen LogP contribution in [0.2, 0.25) is 0 Å². The average molecular weight is 893 g/mol. The summed E-state index contributed by atoms with van der Waals surface area (Å²) >= 11 is 0. The Morgan fingerprint density at radius 1 is 0.229 bits per heavy atom. The van der Waals surface area contributed by atoms with E-state index < -0.39 is 0 Å². The third kappa shape index (κ3) is 6.46. The molecule has 0 aliphatic carbocycles. The number of para-hydroxylation sites is 2. The second-order valence-electron chi connectivity index (χ2n) is 18.2. The van der Waals surface area contributed by atoms with Crippen molar-refractivity contribution >= 4 is 110 Å². The molecule has 0 radical (unpaired) electrons. The van der Waals surface area contributed by atoms with Crippen molar-refractivity contribution in [3.05, 3.63) is 267 Å². The van der Waals surface area contributed by atoms with Gasteiger partial charge in [-0.05, 0) is 141 Å². The van der Waals surface area contributed by atoms with Crippen molar-refractivity contribution in [1.29, 1.82) is 0 Å². The molecule has 2 aromatic heterocycles. The summed E-state index contributed by atoms with van der Waals surface area (Å²) in [5.41, 5.74) is 13.4. The maximum absolute atomic E-state index is 2.51. The number of fused-ring (bicyclic) bond motifs is 9. The van der Waals surface area contributed by atoms with Crippen molar-refractivity contribution in [2.24, 2.45) is 0 Å². The number of hydrogen-bond donors (Lipinski definition) is 0. The van der Waals surface area contributed by atoms with Crippen LogP contribution in [0.25, 0.3) is 87.3 Å². The molecule has 4 nitrogen and oxygen atoms in total. The zero-order valence-corrected chi connectivity index (χ0v) is 38.2. The van der Waals surface area contributed by atoms with Crippen LogP contribution < -0.4 is 9.80 Å². The molecule has 0 amide bonds. The fraction of sp³-hybridized carbons (Fsp3) is 0. The van der Waals surface area contributed by atoms with Gasteiger partial charge >= 0.3 is 0 Å². The average Bonchev–Trinajstić information content (AvgIpc) is 3.93. The molecule has 0 atom stereocenters. The van der Waals surface area contributed by atoms with E-state index >= 15 is 0 Å². The quantitative estimate of drug-likeness (QED) is 0.151. The third-order valence-electron chi connectivity index (χ3n) is 14.2. The lowest BCUT2D eigenvalue weighted by atomic mass is 10.0. The lowest BCUT2D eigenvalue weighted by molar-refractivity contribution is 1.18. The minimum atomic E-state index is 1.08. The van der Waals surface area contributed by atoms with Crippen LogP contribution >= 0.6 is 0 Å². The van der Waals surface area contributed by atoms with Gasteiger partial charge in [-0.2, -0.15) is 0 Å². The van der Waals surface area contributed by atoms with E-state index in [0.29, 0.717) is 0 Å². The Balaban J connectivity index is 1.12. The highest BCUT2D eigenvalue weighted by molar-refractivity contribution is 6.21. The van der Waals surface area contributed by atoms with E-state index in [4.69, 9.17) is 0 Å². The molecule has 0 unspecified atom stereocenters. The Bertz CT molecular complexity index is 4200. The van der Waals surface area contributed by atoms with E-state index in [9.17, 15) is 0 Å². The van der Waals surface area contributed by atoms with Crippen molar-refractivity contribution in [2.45, 2.75) is 0 Å². The Kier molecular flexibility index (Phi) is 9.17. The monoisotopic (exact) mass is 892 g/mol. The van der Waals surface area contributed by atoms with Gasteiger partial charge in [-0.1, -0.05) is 164 Å². The number of hydrogen-bond acceptors (Lipinski definition) is 2. The van der Waals surface area contributed by atoms with E-state index in [0.717, 1.165) is 78.3 Å². The normalized spacial score (nSPS) is 11.7. The summed E-state index contributed by atoms with van der Waals surface area (Å²) in [7, 11) is 0. The van der Waals surface area contributed by atoms with Crippen LogP contribution in [0.3, 0.4) is 0 Å². The van der Waals surface area contributed by atoms with E-state index in [1.165, 1.54) is 43.1 Å². The Morgan fingerprint density at radius 3 is 1.17 bits per heavy atom. The maximum Gasteiger partial charge on any atom is 0.0804 e. The predicted molar refractivity (Wildman–Crippen MR) is 297 cm³/mol. The molecular weight excluding hydrogens is 849 g/mol. The minimum Gasteiger partial charge on any atom is -0.310 e. The molecule has 0 saturated heterocycles. The Labute approximate surface area is 405 Å². The summed E-state index contributed by atoms with van der Waals surface area (Å²) in [6.07, 6.45) is 0. The van der Waals surface area contributed by atoms with Gasteiger partial charge in [-0.15, -0.1) is 0 Å². The molecule has 0 bridgehead atoms. The highest BCUT2D eigenvalue weighted by Crippen LogP contribution is 2.47. The Morgan fingerprint density at radius 2 is 0.629 bits per heavy atom. The second kappa shape index (κ2) is 16.2. The van der Waals surface area contributed by atoms with Gasteiger partial charge in [-0.25, -0.2) is 0 Å². The van der Waals surface area contributed by atoms with Crippen LogP contribution in [0.1, 0.15) is 0 Å². The van der Waals surface area contributed by atoms with E-state index in [1.54, 1.807) is 0 Å². The van der Waals surface area contributed by atoms with E-state index in [2.05, 4.69) is 286 Å². The minimum absolute atomic E-state index is 1.08. The first-order valence-corrected chi connectivity index (χ1v) is 24.0. The predicted octanol–water partition coefficient (Wildman–Crippen LogP) is 18.3. The van der Waals surface area contributed by atoms with Crippen molar-refractivity contribution in [1.82, 2.24) is 9.13 Å². The number of rotatable bonds is 8. The zero-order chi connectivity index (χ0) is 46.1.